The molecule has 0 spiro atoms. The first-order valence-electron chi connectivity index (χ1n) is 9.14. The Kier molecular flexibility index (Phi) is 5.90. The number of ether oxygens (including phenoxy) is 2. The number of aromatic nitrogens is 3. The summed E-state index contributed by atoms with van der Waals surface area (Å²) in [4.78, 5) is 16.3. The highest BCUT2D eigenvalue weighted by Gasteiger charge is 2.24. The molecule has 1 aliphatic heterocycles. The number of benzene rings is 1. The lowest BCUT2D eigenvalue weighted by molar-refractivity contribution is 0.395. The Morgan fingerprint density at radius 1 is 1.00 bits per heavy atom. The highest BCUT2D eigenvalue weighted by atomic mass is 35.5. The van der Waals surface area contributed by atoms with Crippen molar-refractivity contribution >= 4 is 51.7 Å². The van der Waals surface area contributed by atoms with Gasteiger partial charge in [-0.1, -0.05) is 35.0 Å². The van der Waals surface area contributed by atoms with E-state index in [-0.39, 0.29) is 0 Å². The number of hydrogen-bond donors (Lipinski definition) is 0. The summed E-state index contributed by atoms with van der Waals surface area (Å²) in [5.74, 6) is 1.77. The zero-order valence-electron chi connectivity index (χ0n) is 16.3. The molecule has 0 unspecified atom stereocenters. The molecule has 0 amide bonds. The lowest BCUT2D eigenvalue weighted by Crippen LogP contribution is -2.20. The van der Waals surface area contributed by atoms with Gasteiger partial charge in [0.2, 0.25) is 0 Å². The summed E-state index contributed by atoms with van der Waals surface area (Å²) in [6, 6.07) is 3.58. The van der Waals surface area contributed by atoms with Crippen LogP contribution in [-0.2, 0) is 0 Å². The second kappa shape index (κ2) is 8.42. The molecule has 1 aromatic carbocycles. The Labute approximate surface area is 183 Å². The van der Waals surface area contributed by atoms with E-state index in [1.807, 2.05) is 18.5 Å². The number of hydrogen-bond acceptors (Lipinski definition) is 7. The average molecular weight is 451 g/mol. The summed E-state index contributed by atoms with van der Waals surface area (Å²) in [6.45, 7) is 1.88. The first kappa shape index (κ1) is 20.3. The van der Waals surface area contributed by atoms with Crippen molar-refractivity contribution in [3.63, 3.8) is 0 Å². The van der Waals surface area contributed by atoms with Crippen LogP contribution in [0.2, 0.25) is 10.0 Å². The van der Waals surface area contributed by atoms with E-state index in [4.69, 9.17) is 42.6 Å². The Morgan fingerprint density at radius 3 is 2.24 bits per heavy atom. The lowest BCUT2D eigenvalue weighted by atomic mass is 10.1. The minimum absolute atomic E-state index is 0.388. The van der Waals surface area contributed by atoms with Crippen LogP contribution in [0.1, 0.15) is 12.8 Å². The van der Waals surface area contributed by atoms with Crippen molar-refractivity contribution in [3.8, 4) is 22.8 Å². The quantitative estimate of drug-likeness (QED) is 0.383. The van der Waals surface area contributed by atoms with Gasteiger partial charge in [-0.05, 0) is 25.2 Å². The fourth-order valence-corrected chi connectivity index (χ4v) is 4.53. The predicted octanol–water partition coefficient (Wildman–Crippen LogP) is 5.34. The van der Waals surface area contributed by atoms with Gasteiger partial charge >= 0.3 is 0 Å². The van der Waals surface area contributed by atoms with Gasteiger partial charge in [-0.2, -0.15) is 0 Å². The van der Waals surface area contributed by atoms with Gasteiger partial charge in [0.1, 0.15) is 17.0 Å². The van der Waals surface area contributed by atoms with Crippen LogP contribution in [0.5, 0.6) is 11.5 Å². The van der Waals surface area contributed by atoms with E-state index in [2.05, 4.69) is 9.88 Å². The monoisotopic (exact) mass is 450 g/mol. The molecule has 6 nitrogen and oxygen atoms in total. The molecular weight excluding hydrogens is 431 g/mol. The van der Waals surface area contributed by atoms with Crippen LogP contribution in [0.4, 0.5) is 5.82 Å². The maximum absolute atomic E-state index is 6.64. The van der Waals surface area contributed by atoms with Crippen molar-refractivity contribution in [2.45, 2.75) is 18.0 Å². The average Bonchev–Trinajstić information content (AvgIpc) is 3.28. The summed E-state index contributed by atoms with van der Waals surface area (Å²) in [5, 5.41) is 2.37. The second-order valence-corrected chi connectivity index (χ2v) is 8.13. The maximum Gasteiger partial charge on any atom is 0.187 e. The van der Waals surface area contributed by atoms with E-state index in [9.17, 15) is 0 Å². The number of methoxy groups -OCH3 is 2. The summed E-state index contributed by atoms with van der Waals surface area (Å²) >= 11 is 14.8. The third-order valence-electron chi connectivity index (χ3n) is 4.94. The molecule has 3 heterocycles. The Hall–Kier alpha value is -1.96. The number of pyridine rings is 1. The smallest absolute Gasteiger partial charge is 0.187 e. The fraction of sp³-hybridized carbons (Fsp3) is 0.350. The highest BCUT2D eigenvalue weighted by Crippen LogP contribution is 2.46. The summed E-state index contributed by atoms with van der Waals surface area (Å²) in [7, 11) is 3.11. The molecule has 0 radical (unpaired) electrons. The molecule has 9 heteroatoms. The maximum atomic E-state index is 6.64. The van der Waals surface area contributed by atoms with Gasteiger partial charge in [-0.25, -0.2) is 15.0 Å². The molecule has 3 aromatic rings. The van der Waals surface area contributed by atoms with Crippen LogP contribution >= 0.6 is 35.0 Å². The first-order valence-corrected chi connectivity index (χ1v) is 11.1. The molecule has 1 fully saturated rings. The molecule has 2 aromatic heterocycles. The highest BCUT2D eigenvalue weighted by molar-refractivity contribution is 7.98. The molecule has 0 aliphatic carbocycles. The SMILES string of the molecule is COc1cc(OC)c(Cl)c(-c2cc3cnc(SC)nc3c(N3CCCC3)n2)c1Cl. The van der Waals surface area contributed by atoms with Gasteiger partial charge in [0.15, 0.2) is 11.0 Å². The van der Waals surface area contributed by atoms with Gasteiger partial charge in [0.05, 0.1) is 30.0 Å². The van der Waals surface area contributed by atoms with Crippen molar-refractivity contribution in [1.29, 1.82) is 0 Å². The van der Waals surface area contributed by atoms with Gasteiger partial charge in [0.25, 0.3) is 0 Å². The van der Waals surface area contributed by atoms with E-state index in [0.29, 0.717) is 38.0 Å². The normalized spacial score (nSPS) is 13.9. The molecule has 152 valence electrons. The zero-order chi connectivity index (χ0) is 20.5. The summed E-state index contributed by atoms with van der Waals surface area (Å²) < 4.78 is 10.8. The molecule has 0 bridgehead atoms. The second-order valence-electron chi connectivity index (χ2n) is 6.60. The lowest BCUT2D eigenvalue weighted by Gasteiger charge is -2.20. The number of halogens is 2. The van der Waals surface area contributed by atoms with E-state index < -0.39 is 0 Å². The van der Waals surface area contributed by atoms with E-state index in [0.717, 1.165) is 42.7 Å². The Morgan fingerprint density at radius 2 is 1.66 bits per heavy atom. The summed E-state index contributed by atoms with van der Waals surface area (Å²) in [5.41, 5.74) is 2.03. The van der Waals surface area contributed by atoms with Crippen molar-refractivity contribution in [2.24, 2.45) is 0 Å². The third-order valence-corrected chi connectivity index (χ3v) is 6.26. The number of thioether (sulfide) groups is 1. The van der Waals surface area contributed by atoms with Gasteiger partial charge in [0, 0.05) is 36.3 Å². The largest absolute Gasteiger partial charge is 0.495 e. The zero-order valence-corrected chi connectivity index (χ0v) is 18.7. The van der Waals surface area contributed by atoms with Crippen molar-refractivity contribution in [1.82, 2.24) is 15.0 Å². The molecule has 0 N–H and O–H groups in total. The van der Waals surface area contributed by atoms with Crippen LogP contribution < -0.4 is 14.4 Å². The first-order chi connectivity index (χ1) is 14.1. The van der Waals surface area contributed by atoms with Crippen molar-refractivity contribution in [2.75, 3.05) is 38.5 Å². The van der Waals surface area contributed by atoms with Crippen molar-refractivity contribution < 1.29 is 9.47 Å². The van der Waals surface area contributed by atoms with Gasteiger partial charge in [-0.3, -0.25) is 0 Å². The summed E-state index contributed by atoms with van der Waals surface area (Å²) in [6.07, 6.45) is 6.03. The number of anilines is 1. The van der Waals surface area contributed by atoms with Crippen LogP contribution in [-0.4, -0.2) is 48.5 Å². The molecule has 29 heavy (non-hydrogen) atoms. The predicted molar refractivity (Wildman–Crippen MR) is 119 cm³/mol. The molecule has 0 saturated carbocycles. The minimum atomic E-state index is 0.388. The topological polar surface area (TPSA) is 60.4 Å². The van der Waals surface area contributed by atoms with Crippen LogP contribution in [0, 0.1) is 0 Å². The van der Waals surface area contributed by atoms with Crippen molar-refractivity contribution in [3.05, 3.63) is 28.4 Å². The number of fused-ring (bicyclic) bond motifs is 1. The Balaban J connectivity index is 2.00. The van der Waals surface area contributed by atoms with Crippen LogP contribution in [0.25, 0.3) is 22.2 Å². The standard InChI is InChI=1S/C20H20Cl2N4O2S/c1-27-13-9-14(28-2)17(22)15(16(13)21)12-8-11-10-23-20(29-3)25-18(11)19(24-12)26-6-4-5-7-26/h8-10H,4-7H2,1-3H3. The number of nitrogens with zero attached hydrogens (tertiary/aromatic N) is 4. The Bertz CT molecular complexity index is 1050. The molecule has 1 aliphatic rings. The molecular formula is C20H20Cl2N4O2S. The third kappa shape index (κ3) is 3.67. The number of rotatable bonds is 5. The molecule has 1 saturated heterocycles. The van der Waals surface area contributed by atoms with Crippen LogP contribution in [0.3, 0.4) is 0 Å². The van der Waals surface area contributed by atoms with Crippen LogP contribution in [0.15, 0.2) is 23.5 Å². The van der Waals surface area contributed by atoms with E-state index in [1.54, 1.807) is 20.3 Å². The van der Waals surface area contributed by atoms with E-state index in [1.165, 1.54) is 11.8 Å². The molecule has 4 rings (SSSR count). The van der Waals surface area contributed by atoms with E-state index >= 15 is 0 Å². The van der Waals surface area contributed by atoms with Gasteiger partial charge < -0.3 is 14.4 Å². The fourth-order valence-electron chi connectivity index (χ4n) is 3.49. The van der Waals surface area contributed by atoms with Gasteiger partial charge in [-0.15, -0.1) is 0 Å². The minimum Gasteiger partial charge on any atom is -0.495 e. The molecule has 0 atom stereocenters.